The van der Waals surface area contributed by atoms with Gasteiger partial charge in [0, 0.05) is 31.7 Å². The van der Waals surface area contributed by atoms with E-state index in [0.29, 0.717) is 6.04 Å². The van der Waals surface area contributed by atoms with Gasteiger partial charge in [-0.1, -0.05) is 26.2 Å². The first kappa shape index (κ1) is 16.3. The summed E-state index contributed by atoms with van der Waals surface area (Å²) in [6, 6.07) is 1.45. The topological polar surface area (TPSA) is 18.5 Å². The molecule has 1 N–H and O–H groups in total. The zero-order chi connectivity index (χ0) is 14.5. The third kappa shape index (κ3) is 4.19. The number of hydrogen-bond donors (Lipinski definition) is 1. The summed E-state index contributed by atoms with van der Waals surface area (Å²) < 4.78 is 0. The van der Waals surface area contributed by atoms with E-state index in [2.05, 4.69) is 43.2 Å². The van der Waals surface area contributed by atoms with Gasteiger partial charge in [-0.15, -0.1) is 0 Å². The van der Waals surface area contributed by atoms with Gasteiger partial charge in [0.05, 0.1) is 0 Å². The molecule has 0 aromatic rings. The third-order valence-electron chi connectivity index (χ3n) is 5.91. The fraction of sp³-hybridized carbons (Fsp3) is 1.00. The predicted molar refractivity (Wildman–Crippen MR) is 87.1 cm³/mol. The highest BCUT2D eigenvalue weighted by atomic mass is 15.3. The molecule has 1 aliphatic heterocycles. The lowest BCUT2D eigenvalue weighted by molar-refractivity contribution is 0.0894. The van der Waals surface area contributed by atoms with Crippen molar-refractivity contribution < 1.29 is 0 Å². The number of rotatable bonds is 5. The molecular formula is C17H35N3. The molecule has 1 saturated carbocycles. The Bertz CT molecular complexity index is 273. The van der Waals surface area contributed by atoms with E-state index in [0.717, 1.165) is 17.9 Å². The van der Waals surface area contributed by atoms with E-state index in [1.807, 2.05) is 0 Å². The average molecular weight is 281 g/mol. The molecule has 0 bridgehead atoms. The molecule has 0 radical (unpaired) electrons. The number of piperazine rings is 1. The van der Waals surface area contributed by atoms with Crippen molar-refractivity contribution in [2.75, 3.05) is 40.8 Å². The van der Waals surface area contributed by atoms with Crippen molar-refractivity contribution in [3.63, 3.8) is 0 Å². The second-order valence-corrected chi connectivity index (χ2v) is 7.22. The molecule has 0 aromatic heterocycles. The smallest absolute Gasteiger partial charge is 0.0235 e. The van der Waals surface area contributed by atoms with Crippen molar-refractivity contribution in [3.8, 4) is 0 Å². The maximum absolute atomic E-state index is 3.64. The van der Waals surface area contributed by atoms with E-state index in [1.165, 1.54) is 58.2 Å². The molecule has 2 fully saturated rings. The molecule has 2 atom stereocenters. The molecule has 0 amide bonds. The Morgan fingerprint density at radius 2 is 1.80 bits per heavy atom. The van der Waals surface area contributed by atoms with Crippen LogP contribution >= 0.6 is 0 Å². The second-order valence-electron chi connectivity index (χ2n) is 7.22. The van der Waals surface area contributed by atoms with Crippen LogP contribution in [-0.2, 0) is 0 Å². The minimum absolute atomic E-state index is 0.715. The van der Waals surface area contributed by atoms with Gasteiger partial charge in [0.15, 0.2) is 0 Å². The largest absolute Gasteiger partial charge is 0.317 e. The fourth-order valence-electron chi connectivity index (χ4n) is 4.19. The van der Waals surface area contributed by atoms with Gasteiger partial charge in [0.2, 0.25) is 0 Å². The Morgan fingerprint density at radius 1 is 1.10 bits per heavy atom. The summed E-state index contributed by atoms with van der Waals surface area (Å²) in [7, 11) is 6.74. The Labute approximate surface area is 126 Å². The fourth-order valence-corrected chi connectivity index (χ4v) is 4.19. The Hall–Kier alpha value is -0.120. The monoisotopic (exact) mass is 281 g/mol. The van der Waals surface area contributed by atoms with Gasteiger partial charge in [-0.05, 0) is 52.2 Å². The van der Waals surface area contributed by atoms with E-state index in [1.54, 1.807) is 0 Å². The molecule has 0 spiro atoms. The van der Waals surface area contributed by atoms with E-state index in [-0.39, 0.29) is 0 Å². The second kappa shape index (κ2) is 7.77. The van der Waals surface area contributed by atoms with Crippen molar-refractivity contribution in [1.82, 2.24) is 15.1 Å². The number of nitrogens with one attached hydrogen (secondary N) is 1. The van der Waals surface area contributed by atoms with Gasteiger partial charge >= 0.3 is 0 Å². The summed E-state index contributed by atoms with van der Waals surface area (Å²) in [5.41, 5.74) is 0. The standard InChI is InChI=1S/C17H35N3/c1-5-14-6-8-15(9-7-14)17(18-2)12-16-13-19(3)10-11-20(16)4/h14-18H,5-13H2,1-4H3. The summed E-state index contributed by atoms with van der Waals surface area (Å²) >= 11 is 0. The lowest BCUT2D eigenvalue weighted by atomic mass is 9.76. The summed E-state index contributed by atoms with van der Waals surface area (Å²) in [6.45, 7) is 6.03. The normalized spacial score (nSPS) is 35.1. The third-order valence-corrected chi connectivity index (χ3v) is 5.91. The van der Waals surface area contributed by atoms with Crippen LogP contribution in [0.5, 0.6) is 0 Å². The van der Waals surface area contributed by atoms with Crippen molar-refractivity contribution in [2.24, 2.45) is 11.8 Å². The van der Waals surface area contributed by atoms with Gasteiger partial charge in [0.25, 0.3) is 0 Å². The predicted octanol–water partition coefficient (Wildman–Crippen LogP) is 2.43. The lowest BCUT2D eigenvalue weighted by Gasteiger charge is -2.41. The highest BCUT2D eigenvalue weighted by molar-refractivity contribution is 4.87. The van der Waals surface area contributed by atoms with Crippen LogP contribution in [0.2, 0.25) is 0 Å². The molecule has 3 heteroatoms. The number of hydrogen-bond acceptors (Lipinski definition) is 3. The van der Waals surface area contributed by atoms with Crippen molar-refractivity contribution in [2.45, 2.75) is 57.5 Å². The van der Waals surface area contributed by atoms with Crippen LogP contribution in [0, 0.1) is 11.8 Å². The summed E-state index contributed by atoms with van der Waals surface area (Å²) in [6.07, 6.45) is 8.50. The molecule has 1 aliphatic carbocycles. The Morgan fingerprint density at radius 3 is 2.40 bits per heavy atom. The highest BCUT2D eigenvalue weighted by Gasteiger charge is 2.30. The SMILES string of the molecule is CCC1CCC(C(CC2CN(C)CCN2C)NC)CC1. The van der Waals surface area contributed by atoms with Gasteiger partial charge in [-0.3, -0.25) is 0 Å². The molecule has 1 heterocycles. The summed E-state index contributed by atoms with van der Waals surface area (Å²) in [5.74, 6) is 1.91. The molecule has 118 valence electrons. The van der Waals surface area contributed by atoms with E-state index in [9.17, 15) is 0 Å². The van der Waals surface area contributed by atoms with Crippen LogP contribution in [0.3, 0.4) is 0 Å². The van der Waals surface area contributed by atoms with Crippen LogP contribution in [-0.4, -0.2) is 62.7 Å². The van der Waals surface area contributed by atoms with E-state index >= 15 is 0 Å². The van der Waals surface area contributed by atoms with E-state index < -0.39 is 0 Å². The Balaban J connectivity index is 1.85. The van der Waals surface area contributed by atoms with E-state index in [4.69, 9.17) is 0 Å². The Kier molecular flexibility index (Phi) is 6.31. The van der Waals surface area contributed by atoms with Gasteiger partial charge < -0.3 is 15.1 Å². The molecule has 20 heavy (non-hydrogen) atoms. The van der Waals surface area contributed by atoms with Crippen LogP contribution in [0.4, 0.5) is 0 Å². The zero-order valence-corrected chi connectivity index (χ0v) is 14.1. The first-order valence-corrected chi connectivity index (χ1v) is 8.70. The number of likely N-dealkylation sites (N-methyl/N-ethyl adjacent to an activating group) is 2. The van der Waals surface area contributed by atoms with Crippen molar-refractivity contribution >= 4 is 0 Å². The molecular weight excluding hydrogens is 246 g/mol. The summed E-state index contributed by atoms with van der Waals surface area (Å²) in [4.78, 5) is 5.06. The minimum Gasteiger partial charge on any atom is -0.317 e. The van der Waals surface area contributed by atoms with Crippen molar-refractivity contribution in [3.05, 3.63) is 0 Å². The average Bonchev–Trinajstić information content (AvgIpc) is 2.48. The van der Waals surface area contributed by atoms with Crippen molar-refractivity contribution in [1.29, 1.82) is 0 Å². The first-order chi connectivity index (χ1) is 9.63. The van der Waals surface area contributed by atoms with Crippen LogP contribution in [0.25, 0.3) is 0 Å². The quantitative estimate of drug-likeness (QED) is 0.835. The van der Waals surface area contributed by atoms with Gasteiger partial charge in [-0.25, -0.2) is 0 Å². The maximum atomic E-state index is 3.64. The highest BCUT2D eigenvalue weighted by Crippen LogP contribution is 2.34. The molecule has 2 unspecified atom stereocenters. The zero-order valence-electron chi connectivity index (χ0n) is 14.1. The van der Waals surface area contributed by atoms with Crippen LogP contribution < -0.4 is 5.32 Å². The minimum atomic E-state index is 0.715. The lowest BCUT2D eigenvalue weighted by Crippen LogP contribution is -2.53. The van der Waals surface area contributed by atoms with Crippen LogP contribution in [0.1, 0.15) is 45.4 Å². The molecule has 2 aliphatic rings. The molecule has 0 aromatic carbocycles. The molecule has 3 nitrogen and oxygen atoms in total. The molecule has 1 saturated heterocycles. The van der Waals surface area contributed by atoms with Gasteiger partial charge in [-0.2, -0.15) is 0 Å². The first-order valence-electron chi connectivity index (χ1n) is 8.70. The summed E-state index contributed by atoms with van der Waals surface area (Å²) in [5, 5.41) is 3.64. The molecule has 2 rings (SSSR count). The maximum Gasteiger partial charge on any atom is 0.0235 e. The van der Waals surface area contributed by atoms with Gasteiger partial charge in [0.1, 0.15) is 0 Å². The number of nitrogens with zero attached hydrogens (tertiary/aromatic N) is 2. The van der Waals surface area contributed by atoms with Crippen LogP contribution in [0.15, 0.2) is 0 Å².